The molecule has 3 N–H and O–H groups in total. The van der Waals surface area contributed by atoms with Crippen LogP contribution in [-0.4, -0.2) is 20.9 Å². The van der Waals surface area contributed by atoms with E-state index in [9.17, 15) is 13.2 Å². The standard InChI is InChI=1S/C15H24N2O3S/c1-5-11-7-8-12(21(16,19)20)9-13(11)14(18)17-10-15(3,4)6-2/h7-9H,5-6,10H2,1-4H3,(H,17,18)(H2,16,19,20). The Morgan fingerprint density at radius 2 is 1.90 bits per heavy atom. The number of nitrogens with two attached hydrogens (primary N) is 1. The molecule has 1 aromatic carbocycles. The predicted octanol–water partition coefficient (Wildman–Crippen LogP) is 2.06. The first kappa shape index (κ1) is 17.7. The lowest BCUT2D eigenvalue weighted by molar-refractivity contribution is 0.0934. The zero-order valence-corrected chi connectivity index (χ0v) is 13.9. The van der Waals surface area contributed by atoms with E-state index in [-0.39, 0.29) is 16.2 Å². The molecule has 118 valence electrons. The minimum atomic E-state index is -3.81. The third-order valence-corrected chi connectivity index (χ3v) is 4.63. The van der Waals surface area contributed by atoms with Crippen LogP contribution in [0.25, 0.3) is 0 Å². The summed E-state index contributed by atoms with van der Waals surface area (Å²) in [6, 6.07) is 4.42. The zero-order valence-electron chi connectivity index (χ0n) is 13.1. The van der Waals surface area contributed by atoms with Crippen molar-refractivity contribution in [1.82, 2.24) is 5.32 Å². The van der Waals surface area contributed by atoms with Crippen LogP contribution in [0.2, 0.25) is 0 Å². The molecule has 1 aromatic rings. The molecule has 6 heteroatoms. The van der Waals surface area contributed by atoms with Crippen LogP contribution < -0.4 is 10.5 Å². The molecule has 5 nitrogen and oxygen atoms in total. The molecule has 1 rings (SSSR count). The van der Waals surface area contributed by atoms with Gasteiger partial charge in [-0.1, -0.05) is 33.8 Å². The zero-order chi connectivity index (χ0) is 16.3. The highest BCUT2D eigenvalue weighted by Crippen LogP contribution is 2.19. The molecule has 21 heavy (non-hydrogen) atoms. The van der Waals surface area contributed by atoms with E-state index in [4.69, 9.17) is 5.14 Å². The van der Waals surface area contributed by atoms with Gasteiger partial charge in [0, 0.05) is 12.1 Å². The maximum atomic E-state index is 12.3. The second kappa shape index (κ2) is 6.58. The SMILES string of the molecule is CCc1ccc(S(N)(=O)=O)cc1C(=O)NCC(C)(C)CC. The molecule has 1 amide bonds. The summed E-state index contributed by atoms with van der Waals surface area (Å²) in [7, 11) is -3.81. The van der Waals surface area contributed by atoms with Crippen LogP contribution in [-0.2, 0) is 16.4 Å². The highest BCUT2D eigenvalue weighted by Gasteiger charge is 2.19. The molecule has 0 saturated carbocycles. The van der Waals surface area contributed by atoms with E-state index < -0.39 is 10.0 Å². The number of sulfonamides is 1. The van der Waals surface area contributed by atoms with Crippen LogP contribution in [0, 0.1) is 5.41 Å². The summed E-state index contributed by atoms with van der Waals surface area (Å²) >= 11 is 0. The van der Waals surface area contributed by atoms with Gasteiger partial charge in [-0.2, -0.15) is 0 Å². The van der Waals surface area contributed by atoms with Gasteiger partial charge >= 0.3 is 0 Å². The highest BCUT2D eigenvalue weighted by molar-refractivity contribution is 7.89. The van der Waals surface area contributed by atoms with Gasteiger partial charge in [-0.25, -0.2) is 13.6 Å². The largest absolute Gasteiger partial charge is 0.351 e. The topological polar surface area (TPSA) is 89.3 Å². The van der Waals surface area contributed by atoms with E-state index in [0.29, 0.717) is 18.5 Å². The predicted molar refractivity (Wildman–Crippen MR) is 83.6 cm³/mol. The summed E-state index contributed by atoms with van der Waals surface area (Å²) in [5.74, 6) is -0.265. The monoisotopic (exact) mass is 312 g/mol. The Labute approximate surface area is 127 Å². The van der Waals surface area contributed by atoms with E-state index in [1.54, 1.807) is 6.07 Å². The van der Waals surface area contributed by atoms with Crippen LogP contribution >= 0.6 is 0 Å². The van der Waals surface area contributed by atoms with Gasteiger partial charge in [-0.3, -0.25) is 4.79 Å². The Bertz CT molecular complexity index is 622. The van der Waals surface area contributed by atoms with Gasteiger partial charge in [-0.05, 0) is 36.0 Å². The number of hydrogen-bond donors (Lipinski definition) is 2. The third-order valence-electron chi connectivity index (χ3n) is 3.72. The lowest BCUT2D eigenvalue weighted by Crippen LogP contribution is -2.34. The summed E-state index contributed by atoms with van der Waals surface area (Å²) in [5.41, 5.74) is 1.17. The lowest BCUT2D eigenvalue weighted by Gasteiger charge is -2.23. The van der Waals surface area contributed by atoms with Crippen LogP contribution in [0.15, 0.2) is 23.1 Å². The van der Waals surface area contributed by atoms with Gasteiger partial charge in [0.2, 0.25) is 10.0 Å². The number of benzene rings is 1. The smallest absolute Gasteiger partial charge is 0.251 e. The molecule has 0 bridgehead atoms. The van der Waals surface area contributed by atoms with Gasteiger partial charge < -0.3 is 5.32 Å². The molecule has 0 heterocycles. The minimum Gasteiger partial charge on any atom is -0.351 e. The number of hydrogen-bond acceptors (Lipinski definition) is 3. The van der Waals surface area contributed by atoms with Gasteiger partial charge in [0.25, 0.3) is 5.91 Å². The molecular formula is C15H24N2O3S. The average Bonchev–Trinajstić information content (AvgIpc) is 2.43. The number of rotatable bonds is 6. The van der Waals surface area contributed by atoms with Crippen molar-refractivity contribution in [1.29, 1.82) is 0 Å². The maximum absolute atomic E-state index is 12.3. The quantitative estimate of drug-likeness (QED) is 0.842. The lowest BCUT2D eigenvalue weighted by atomic mass is 9.90. The van der Waals surface area contributed by atoms with Crippen molar-refractivity contribution >= 4 is 15.9 Å². The highest BCUT2D eigenvalue weighted by atomic mass is 32.2. The van der Waals surface area contributed by atoms with Crippen LogP contribution in [0.5, 0.6) is 0 Å². The summed E-state index contributed by atoms with van der Waals surface area (Å²) in [6.07, 6.45) is 1.58. The first-order valence-corrected chi connectivity index (χ1v) is 8.59. The second-order valence-corrected chi connectivity index (χ2v) is 7.48. The normalized spacial score (nSPS) is 12.2. The van der Waals surface area contributed by atoms with E-state index in [2.05, 4.69) is 26.1 Å². The van der Waals surface area contributed by atoms with Crippen molar-refractivity contribution in [2.45, 2.75) is 45.4 Å². The Hall–Kier alpha value is -1.40. The fourth-order valence-electron chi connectivity index (χ4n) is 1.79. The van der Waals surface area contributed by atoms with Crippen molar-refractivity contribution in [3.8, 4) is 0 Å². The Morgan fingerprint density at radius 3 is 2.38 bits per heavy atom. The Morgan fingerprint density at radius 1 is 1.29 bits per heavy atom. The molecule has 0 saturated heterocycles. The molecular weight excluding hydrogens is 288 g/mol. The van der Waals surface area contributed by atoms with Crippen LogP contribution in [0.3, 0.4) is 0 Å². The molecule has 0 aliphatic rings. The first-order chi connectivity index (χ1) is 9.60. The van der Waals surface area contributed by atoms with E-state index in [1.165, 1.54) is 12.1 Å². The van der Waals surface area contributed by atoms with Gasteiger partial charge in [0.05, 0.1) is 4.90 Å². The number of aryl methyl sites for hydroxylation is 1. The number of primary sulfonamides is 1. The summed E-state index contributed by atoms with van der Waals surface area (Å²) in [4.78, 5) is 12.3. The number of carbonyl (C=O) groups excluding carboxylic acids is 1. The average molecular weight is 312 g/mol. The molecule has 0 aromatic heterocycles. The minimum absolute atomic E-state index is 0.000405. The summed E-state index contributed by atoms with van der Waals surface area (Å²) in [5, 5.41) is 7.99. The van der Waals surface area contributed by atoms with Crippen molar-refractivity contribution in [2.24, 2.45) is 10.6 Å². The van der Waals surface area contributed by atoms with Crippen LogP contribution in [0.4, 0.5) is 0 Å². The van der Waals surface area contributed by atoms with Crippen LogP contribution in [0.1, 0.15) is 50.0 Å². The number of carbonyl (C=O) groups is 1. The van der Waals surface area contributed by atoms with E-state index in [0.717, 1.165) is 12.0 Å². The van der Waals surface area contributed by atoms with Crippen molar-refractivity contribution in [3.63, 3.8) is 0 Å². The fourth-order valence-corrected chi connectivity index (χ4v) is 2.33. The number of nitrogens with one attached hydrogen (secondary N) is 1. The third kappa shape index (κ3) is 4.82. The number of amides is 1. The fraction of sp³-hybridized carbons (Fsp3) is 0.533. The molecule has 0 spiro atoms. The van der Waals surface area contributed by atoms with Gasteiger partial charge in [-0.15, -0.1) is 0 Å². The Kier molecular flexibility index (Phi) is 5.53. The van der Waals surface area contributed by atoms with Crippen molar-refractivity contribution in [3.05, 3.63) is 29.3 Å². The molecule has 0 radical (unpaired) electrons. The summed E-state index contributed by atoms with van der Waals surface area (Å²) < 4.78 is 22.8. The summed E-state index contributed by atoms with van der Waals surface area (Å²) in [6.45, 7) is 8.64. The van der Waals surface area contributed by atoms with Gasteiger partial charge in [0.1, 0.15) is 0 Å². The first-order valence-electron chi connectivity index (χ1n) is 7.04. The maximum Gasteiger partial charge on any atom is 0.251 e. The Balaban J connectivity index is 3.07. The molecule has 0 unspecified atom stereocenters. The molecule has 0 aliphatic heterocycles. The van der Waals surface area contributed by atoms with E-state index >= 15 is 0 Å². The second-order valence-electron chi connectivity index (χ2n) is 5.92. The molecule has 0 atom stereocenters. The van der Waals surface area contributed by atoms with Crippen molar-refractivity contribution in [2.75, 3.05) is 6.54 Å². The van der Waals surface area contributed by atoms with E-state index in [1.807, 2.05) is 6.92 Å². The molecule has 0 fully saturated rings. The molecule has 0 aliphatic carbocycles. The van der Waals surface area contributed by atoms with Crippen molar-refractivity contribution < 1.29 is 13.2 Å². The van der Waals surface area contributed by atoms with Gasteiger partial charge in [0.15, 0.2) is 0 Å².